The first-order chi connectivity index (χ1) is 8.25. The maximum atomic E-state index is 11.5. The SMILES string of the molecule is N[C@@H]1C(=O)N2C=C(C[n+]3ccccc3)CS[C@H]12. The molecule has 88 valence electrons. The van der Waals surface area contributed by atoms with Crippen LogP contribution in [-0.2, 0) is 11.3 Å². The third-order valence-corrected chi connectivity index (χ3v) is 4.44. The van der Waals surface area contributed by atoms with Crippen LogP contribution in [0.1, 0.15) is 0 Å². The zero-order valence-electron chi connectivity index (χ0n) is 9.32. The molecule has 3 rings (SSSR count). The third-order valence-electron chi connectivity index (χ3n) is 3.05. The number of aromatic nitrogens is 1. The Hall–Kier alpha value is -1.33. The Kier molecular flexibility index (Phi) is 2.64. The highest BCUT2D eigenvalue weighted by Gasteiger charge is 2.46. The molecule has 0 unspecified atom stereocenters. The second kappa shape index (κ2) is 4.16. The van der Waals surface area contributed by atoms with Gasteiger partial charge in [-0.2, -0.15) is 0 Å². The first-order valence-electron chi connectivity index (χ1n) is 5.59. The normalized spacial score (nSPS) is 27.2. The molecule has 3 heterocycles. The first kappa shape index (κ1) is 10.8. The van der Waals surface area contributed by atoms with Crippen molar-refractivity contribution in [2.24, 2.45) is 5.73 Å². The number of rotatable bonds is 2. The number of thioether (sulfide) groups is 1. The summed E-state index contributed by atoms with van der Waals surface area (Å²) in [6, 6.07) is 5.70. The van der Waals surface area contributed by atoms with E-state index in [9.17, 15) is 4.79 Å². The molecule has 2 aliphatic rings. The van der Waals surface area contributed by atoms with Gasteiger partial charge in [-0.1, -0.05) is 6.07 Å². The van der Waals surface area contributed by atoms with E-state index in [0.29, 0.717) is 0 Å². The fraction of sp³-hybridized carbons (Fsp3) is 0.333. The van der Waals surface area contributed by atoms with Crippen LogP contribution < -0.4 is 10.3 Å². The molecule has 0 spiro atoms. The van der Waals surface area contributed by atoms with Crippen LogP contribution in [0.25, 0.3) is 0 Å². The van der Waals surface area contributed by atoms with E-state index in [-0.39, 0.29) is 17.3 Å². The molecule has 1 fully saturated rings. The van der Waals surface area contributed by atoms with Gasteiger partial charge in [0.25, 0.3) is 0 Å². The van der Waals surface area contributed by atoms with Crippen LogP contribution in [0.15, 0.2) is 42.4 Å². The molecule has 1 saturated heterocycles. The summed E-state index contributed by atoms with van der Waals surface area (Å²) in [4.78, 5) is 13.3. The van der Waals surface area contributed by atoms with E-state index in [1.165, 1.54) is 5.57 Å². The lowest BCUT2D eigenvalue weighted by Gasteiger charge is -2.45. The van der Waals surface area contributed by atoms with Gasteiger partial charge in [-0.3, -0.25) is 4.79 Å². The van der Waals surface area contributed by atoms with Crippen LogP contribution in [0.2, 0.25) is 0 Å². The fourth-order valence-corrected chi connectivity index (χ4v) is 3.32. The minimum atomic E-state index is -0.304. The predicted molar refractivity (Wildman–Crippen MR) is 65.8 cm³/mol. The standard InChI is InChI=1S/C12H14N3OS/c13-10-11(16)15-7-9(8-17-12(10)15)6-14-4-2-1-3-5-14/h1-5,7,10,12H,6,8,13H2/q+1/t10-,12-/m1/s1. The summed E-state index contributed by atoms with van der Waals surface area (Å²) in [5.41, 5.74) is 6.98. The summed E-state index contributed by atoms with van der Waals surface area (Å²) < 4.78 is 2.11. The molecule has 1 aromatic rings. The van der Waals surface area contributed by atoms with Crippen LogP contribution in [0.5, 0.6) is 0 Å². The number of β-lactam (4-membered cyclic amide) rings is 1. The quantitative estimate of drug-likeness (QED) is 0.596. The largest absolute Gasteiger partial charge is 0.317 e. The topological polar surface area (TPSA) is 50.2 Å². The highest BCUT2D eigenvalue weighted by atomic mass is 32.2. The Morgan fingerprint density at radius 3 is 2.94 bits per heavy atom. The molecule has 0 aliphatic carbocycles. The molecule has 5 heteroatoms. The van der Waals surface area contributed by atoms with Crippen LogP contribution in [0, 0.1) is 0 Å². The van der Waals surface area contributed by atoms with E-state index < -0.39 is 0 Å². The van der Waals surface area contributed by atoms with Gasteiger partial charge >= 0.3 is 0 Å². The van der Waals surface area contributed by atoms with Gasteiger partial charge in [0.05, 0.1) is 0 Å². The molecule has 0 radical (unpaired) electrons. The number of nitrogens with two attached hydrogens (primary N) is 1. The van der Waals surface area contributed by atoms with Crippen molar-refractivity contribution < 1.29 is 9.36 Å². The molecular formula is C12H14N3OS+. The fourth-order valence-electron chi connectivity index (χ4n) is 2.12. The molecule has 2 atom stereocenters. The van der Waals surface area contributed by atoms with Crippen molar-refractivity contribution >= 4 is 17.7 Å². The van der Waals surface area contributed by atoms with Crippen LogP contribution >= 0.6 is 11.8 Å². The highest BCUT2D eigenvalue weighted by molar-refractivity contribution is 8.00. The Balaban J connectivity index is 1.74. The van der Waals surface area contributed by atoms with Crippen molar-refractivity contribution in [3.05, 3.63) is 42.4 Å². The van der Waals surface area contributed by atoms with E-state index >= 15 is 0 Å². The molecule has 2 N–H and O–H groups in total. The van der Waals surface area contributed by atoms with Gasteiger partial charge in [0, 0.05) is 29.7 Å². The van der Waals surface area contributed by atoms with E-state index in [2.05, 4.69) is 4.57 Å². The van der Waals surface area contributed by atoms with Crippen molar-refractivity contribution in [3.63, 3.8) is 0 Å². The van der Waals surface area contributed by atoms with E-state index in [0.717, 1.165) is 12.3 Å². The molecule has 2 aliphatic heterocycles. The molecule has 1 amide bonds. The maximum absolute atomic E-state index is 11.5. The molecule has 0 bridgehead atoms. The summed E-state index contributed by atoms with van der Waals surface area (Å²) in [5.74, 6) is 0.988. The van der Waals surface area contributed by atoms with Crippen LogP contribution in [0.4, 0.5) is 0 Å². The Labute approximate surface area is 104 Å². The Bertz CT molecular complexity index is 474. The van der Waals surface area contributed by atoms with E-state index in [4.69, 9.17) is 5.73 Å². The number of nitrogens with zero attached hydrogens (tertiary/aromatic N) is 2. The van der Waals surface area contributed by atoms with Crippen molar-refractivity contribution in [2.45, 2.75) is 18.0 Å². The number of amides is 1. The van der Waals surface area contributed by atoms with Crippen molar-refractivity contribution in [2.75, 3.05) is 5.75 Å². The molecule has 1 aromatic heterocycles. The van der Waals surface area contributed by atoms with Gasteiger partial charge in [-0.15, -0.1) is 11.8 Å². The number of carbonyl (C=O) groups excluding carboxylic acids is 1. The van der Waals surface area contributed by atoms with Gasteiger partial charge in [0.2, 0.25) is 5.91 Å². The Morgan fingerprint density at radius 2 is 2.18 bits per heavy atom. The lowest BCUT2D eigenvalue weighted by Crippen LogP contribution is -2.66. The number of hydrogen-bond acceptors (Lipinski definition) is 3. The van der Waals surface area contributed by atoms with Crippen molar-refractivity contribution in [1.82, 2.24) is 4.90 Å². The average molecular weight is 248 g/mol. The van der Waals surface area contributed by atoms with Gasteiger partial charge in [-0.05, 0) is 0 Å². The predicted octanol–water partition coefficient (Wildman–Crippen LogP) is 0.100. The molecule has 0 aromatic carbocycles. The van der Waals surface area contributed by atoms with Crippen molar-refractivity contribution in [3.8, 4) is 0 Å². The third kappa shape index (κ3) is 1.85. The lowest BCUT2D eigenvalue weighted by molar-refractivity contribution is -0.689. The lowest BCUT2D eigenvalue weighted by atomic mass is 10.1. The van der Waals surface area contributed by atoms with E-state index in [1.54, 1.807) is 16.7 Å². The number of fused-ring (bicyclic) bond motifs is 1. The number of hydrogen-bond donors (Lipinski definition) is 1. The number of pyridine rings is 1. The van der Waals surface area contributed by atoms with Gasteiger partial charge in [-0.25, -0.2) is 4.57 Å². The minimum absolute atomic E-state index is 0.0396. The van der Waals surface area contributed by atoms with Crippen LogP contribution in [-0.4, -0.2) is 28.0 Å². The maximum Gasteiger partial charge on any atom is 0.247 e. The Morgan fingerprint density at radius 1 is 1.41 bits per heavy atom. The first-order valence-corrected chi connectivity index (χ1v) is 6.63. The summed E-state index contributed by atoms with van der Waals surface area (Å²) in [7, 11) is 0. The van der Waals surface area contributed by atoms with Gasteiger partial charge in [0.15, 0.2) is 18.9 Å². The molecule has 4 nitrogen and oxygen atoms in total. The zero-order valence-corrected chi connectivity index (χ0v) is 10.1. The summed E-state index contributed by atoms with van der Waals surface area (Å²) in [6.45, 7) is 0.833. The number of carbonyl (C=O) groups is 1. The monoisotopic (exact) mass is 248 g/mol. The second-order valence-electron chi connectivity index (χ2n) is 4.31. The van der Waals surface area contributed by atoms with Crippen LogP contribution in [0.3, 0.4) is 0 Å². The van der Waals surface area contributed by atoms with Gasteiger partial charge in [0.1, 0.15) is 11.4 Å². The smallest absolute Gasteiger partial charge is 0.247 e. The van der Waals surface area contributed by atoms with Gasteiger partial charge < -0.3 is 10.6 Å². The zero-order chi connectivity index (χ0) is 11.8. The molecular weight excluding hydrogens is 234 g/mol. The summed E-state index contributed by atoms with van der Waals surface area (Å²) in [6.07, 6.45) is 6.02. The highest BCUT2D eigenvalue weighted by Crippen LogP contribution is 2.34. The second-order valence-corrected chi connectivity index (χ2v) is 5.41. The molecule has 17 heavy (non-hydrogen) atoms. The summed E-state index contributed by atoms with van der Waals surface area (Å²) in [5, 5.41) is 0.159. The summed E-state index contributed by atoms with van der Waals surface area (Å²) >= 11 is 1.75. The van der Waals surface area contributed by atoms with E-state index in [1.807, 2.05) is 36.8 Å². The molecule has 0 saturated carbocycles. The minimum Gasteiger partial charge on any atom is -0.317 e. The average Bonchev–Trinajstić information content (AvgIpc) is 2.39. The van der Waals surface area contributed by atoms with Crippen molar-refractivity contribution in [1.29, 1.82) is 0 Å².